The van der Waals surface area contributed by atoms with Crippen LogP contribution >= 0.6 is 0 Å². The van der Waals surface area contributed by atoms with Crippen molar-refractivity contribution in [1.29, 1.82) is 0 Å². The lowest BCUT2D eigenvalue weighted by Crippen LogP contribution is -2.04. The number of rotatable bonds is 0. The molecule has 0 radical (unpaired) electrons. The minimum absolute atomic E-state index is 0.0810. The average Bonchev–Trinajstić information content (AvgIpc) is 0.889. The number of pyridine rings is 3. The second kappa shape index (κ2) is 48.9. The van der Waals surface area contributed by atoms with Crippen molar-refractivity contribution in [3.05, 3.63) is 398 Å². The van der Waals surface area contributed by atoms with Crippen LogP contribution in [0, 0.1) is 153 Å². The smallest absolute Gasteiger partial charge is 0.265 e. The van der Waals surface area contributed by atoms with Crippen molar-refractivity contribution in [1.82, 2.24) is 24.9 Å². The van der Waals surface area contributed by atoms with Crippen molar-refractivity contribution in [3.8, 4) is 0 Å². The molecular weight excluding hydrogens is 1320 g/mol. The van der Waals surface area contributed by atoms with Crippen molar-refractivity contribution in [2.45, 2.75) is 89.3 Å². The number of nitrogens with zero attached hydrogens (tertiary/aromatic N) is 5. The highest BCUT2D eigenvalue weighted by atomic mass is 19.4. The molecule has 0 saturated carbocycles. The SMILES string of the molecule is Cc1c(F)cc(F)cc1F.Cc1c(F)cccc1F.Cc1cc(F)ccc1F.Cc1ccc(F)c(F)c1.Cc1ccc(F)cc1.Cc1ccc(F)cc1F.Cc1cccc(C(F)(F)F)c1.Cc1ccccc1.Cc1ccccn1.Cc1cccnc1.Cc1ccncc1.Cc1ncccn1. The van der Waals surface area contributed by atoms with Gasteiger partial charge < -0.3 is 0 Å². The van der Waals surface area contributed by atoms with Crippen LogP contribution < -0.4 is 0 Å². The van der Waals surface area contributed by atoms with Gasteiger partial charge in [-0.05, 0) is 214 Å². The fourth-order valence-corrected chi connectivity index (χ4v) is 6.56. The van der Waals surface area contributed by atoms with Crippen LogP contribution in [0.4, 0.5) is 65.9 Å². The van der Waals surface area contributed by atoms with Gasteiger partial charge in [-0.1, -0.05) is 108 Å². The molecule has 4 heterocycles. The van der Waals surface area contributed by atoms with Crippen LogP contribution in [0.25, 0.3) is 0 Å². The predicted molar refractivity (Wildman–Crippen MR) is 368 cm³/mol. The van der Waals surface area contributed by atoms with Gasteiger partial charge in [0, 0.05) is 78.4 Å². The van der Waals surface area contributed by atoms with Crippen molar-refractivity contribution >= 4 is 0 Å². The second-order valence-electron chi connectivity index (χ2n) is 21.2. The van der Waals surface area contributed by atoms with Crippen LogP contribution in [0.1, 0.15) is 72.7 Å². The fourth-order valence-electron chi connectivity index (χ4n) is 6.56. The van der Waals surface area contributed by atoms with Gasteiger partial charge in [-0.2, -0.15) is 13.2 Å². The molecule has 0 aliphatic heterocycles. The molecule has 0 fully saturated rings. The van der Waals surface area contributed by atoms with Gasteiger partial charge in [0.25, 0.3) is 0 Å². The van der Waals surface area contributed by atoms with E-state index in [1.54, 1.807) is 82.2 Å². The molecule has 0 unspecified atom stereocenters. The van der Waals surface area contributed by atoms with Gasteiger partial charge in [0.15, 0.2) is 11.6 Å². The van der Waals surface area contributed by atoms with Crippen LogP contribution in [0.5, 0.6) is 0 Å². The molecule has 0 spiro atoms. The maximum Gasteiger partial charge on any atom is 0.416 e. The first-order valence-corrected chi connectivity index (χ1v) is 30.2. The Morgan fingerprint density at radius 1 is 0.250 bits per heavy atom. The lowest BCUT2D eigenvalue weighted by atomic mass is 10.1. The average molecular weight is 1390 g/mol. The number of aryl methyl sites for hydroxylation is 10. The summed E-state index contributed by atoms with van der Waals surface area (Å²) in [4.78, 5) is 19.4. The third kappa shape index (κ3) is 42.0. The first kappa shape index (κ1) is 87.3. The minimum atomic E-state index is -4.22. The number of aromatic nitrogens is 5. The fraction of sp³-hybridized carbons (Fsp3) is 0.163. The van der Waals surface area contributed by atoms with Crippen LogP contribution in [0.2, 0.25) is 0 Å². The number of benzene rings is 8. The molecule has 0 atom stereocenters. The Kier molecular flexibility index (Phi) is 42.6. The zero-order chi connectivity index (χ0) is 75.2. The van der Waals surface area contributed by atoms with E-state index in [1.165, 1.54) is 92.1 Å². The van der Waals surface area contributed by atoms with Gasteiger partial charge in [0.05, 0.1) is 5.56 Å². The molecule has 20 heteroatoms. The Balaban J connectivity index is 0.000000547. The minimum Gasteiger partial charge on any atom is -0.265 e. The third-order valence-corrected chi connectivity index (χ3v) is 12.2. The van der Waals surface area contributed by atoms with Crippen molar-refractivity contribution in [3.63, 3.8) is 0 Å². The van der Waals surface area contributed by atoms with E-state index in [-0.39, 0.29) is 22.8 Å². The molecule has 0 aliphatic carbocycles. The Morgan fingerprint density at radius 3 is 1.07 bits per heavy atom. The second-order valence-corrected chi connectivity index (χ2v) is 21.2. The standard InChI is InChI=1S/C8H7F3.C7H5F3.4C7H6F2.C7H7F.C7H8.3C6H7N.C5H6N2/c1-6-3-2-4-7(5-6)8(9,10)11;1-4-6(9)2-5(8)3-7(4)10;1-5-4-6(8)2-3-7(5)9;1-5-2-3-6(8)4-7(5)9;1-5-2-3-6(8)7(9)4-5;1-5-6(8)3-2-4-7(5)9;1-6-2-4-7(8)5-3-6;1-7-5-3-2-4-6-7;1-6-2-4-7-5-3-6;1-6-3-2-4-7-5-6;1-6-4-2-3-5-7-6;1-5-6-3-2-4-7-5/h2-5H,1H3;2-3H,1H3;4*2-4H,1H3;2-5H,1H3;2-6H,1H3;3*2-5H,1H3;2-4H,1H3. The highest BCUT2D eigenvalue weighted by Gasteiger charge is 2.30. The van der Waals surface area contributed by atoms with Crippen molar-refractivity contribution in [2.24, 2.45) is 0 Å². The molecule has 8 aromatic carbocycles. The van der Waals surface area contributed by atoms with E-state index in [0.717, 1.165) is 71.2 Å². The van der Waals surface area contributed by atoms with E-state index in [9.17, 15) is 65.9 Å². The molecule has 5 nitrogen and oxygen atoms in total. The van der Waals surface area contributed by atoms with Gasteiger partial charge in [-0.15, -0.1) is 0 Å². The van der Waals surface area contributed by atoms with Crippen LogP contribution in [0.15, 0.2) is 256 Å². The lowest BCUT2D eigenvalue weighted by Gasteiger charge is -2.05. The van der Waals surface area contributed by atoms with Crippen LogP contribution in [-0.2, 0) is 6.18 Å². The third-order valence-electron chi connectivity index (χ3n) is 12.2. The van der Waals surface area contributed by atoms with Gasteiger partial charge in [0.2, 0.25) is 0 Å². The van der Waals surface area contributed by atoms with Crippen LogP contribution in [0.3, 0.4) is 0 Å². The molecule has 0 aliphatic rings. The van der Waals surface area contributed by atoms with Gasteiger partial charge in [0.1, 0.15) is 64.0 Å². The zero-order valence-corrected chi connectivity index (χ0v) is 57.2. The van der Waals surface area contributed by atoms with E-state index >= 15 is 0 Å². The van der Waals surface area contributed by atoms with E-state index in [4.69, 9.17) is 0 Å². The number of halogens is 15. The lowest BCUT2D eigenvalue weighted by molar-refractivity contribution is -0.137. The first-order chi connectivity index (χ1) is 47.2. The molecule has 528 valence electrons. The van der Waals surface area contributed by atoms with Crippen molar-refractivity contribution in [2.75, 3.05) is 0 Å². The Labute approximate surface area is 575 Å². The van der Waals surface area contributed by atoms with Gasteiger partial charge >= 0.3 is 6.18 Å². The van der Waals surface area contributed by atoms with Crippen molar-refractivity contribution < 1.29 is 65.9 Å². The Bertz CT molecular complexity index is 3760. The largest absolute Gasteiger partial charge is 0.416 e. The number of alkyl halides is 3. The highest BCUT2D eigenvalue weighted by molar-refractivity contribution is 5.25. The van der Waals surface area contributed by atoms with Crippen LogP contribution in [-0.4, -0.2) is 24.9 Å². The summed E-state index contributed by atoms with van der Waals surface area (Å²) in [6.45, 7) is 21.0. The Morgan fingerprint density at radius 2 is 0.710 bits per heavy atom. The monoisotopic (exact) mass is 1390 g/mol. The molecule has 100 heavy (non-hydrogen) atoms. The summed E-state index contributed by atoms with van der Waals surface area (Å²) in [5, 5.41) is 0. The first-order valence-electron chi connectivity index (χ1n) is 30.2. The summed E-state index contributed by atoms with van der Waals surface area (Å²) in [7, 11) is 0. The maximum atomic E-state index is 12.4. The normalized spacial score (nSPS) is 9.55. The summed E-state index contributed by atoms with van der Waals surface area (Å²) >= 11 is 0. The maximum absolute atomic E-state index is 12.4. The molecular formula is C80H78F15N5. The Hall–Kier alpha value is -10.8. The van der Waals surface area contributed by atoms with E-state index in [1.807, 2.05) is 101 Å². The quantitative estimate of drug-likeness (QED) is 0.142. The van der Waals surface area contributed by atoms with E-state index in [0.29, 0.717) is 28.8 Å². The summed E-state index contributed by atoms with van der Waals surface area (Å²) in [6.07, 6.45) is 8.20. The predicted octanol–water partition coefficient (Wildman–Crippen LogP) is 23.6. The molecule has 0 N–H and O–H groups in total. The highest BCUT2D eigenvalue weighted by Crippen LogP contribution is 2.29. The molecule has 12 rings (SSSR count). The van der Waals surface area contributed by atoms with E-state index in [2.05, 4.69) is 44.0 Å². The summed E-state index contributed by atoms with van der Waals surface area (Å²) < 4.78 is 183. The summed E-state index contributed by atoms with van der Waals surface area (Å²) in [6, 6.07) is 53.2. The topological polar surface area (TPSA) is 64.5 Å². The molecule has 4 aromatic heterocycles. The molecule has 12 aromatic rings. The number of hydrogen-bond acceptors (Lipinski definition) is 5. The van der Waals surface area contributed by atoms with Gasteiger partial charge in [-0.3, -0.25) is 15.0 Å². The number of hydrogen-bond donors (Lipinski definition) is 0. The molecule has 0 bridgehead atoms. The van der Waals surface area contributed by atoms with Gasteiger partial charge in [-0.25, -0.2) is 62.7 Å². The zero-order valence-electron chi connectivity index (χ0n) is 57.2. The summed E-state index contributed by atoms with van der Waals surface area (Å²) in [5.41, 5.74) is 7.46. The molecule has 0 amide bonds. The summed E-state index contributed by atoms with van der Waals surface area (Å²) in [5.74, 6) is -6.27. The van der Waals surface area contributed by atoms with E-state index < -0.39 is 69.9 Å². The molecule has 0 saturated heterocycles.